The van der Waals surface area contributed by atoms with Crippen LogP contribution in [0.15, 0.2) is 70.1 Å². The van der Waals surface area contributed by atoms with Crippen molar-refractivity contribution >= 4 is 48.3 Å². The Labute approximate surface area is 202 Å². The average molecular weight is 477 g/mol. The maximum Gasteiger partial charge on any atom is 0.150 e. The molecule has 1 aliphatic rings. The maximum atomic E-state index is 6.31. The molecule has 0 radical (unpaired) electrons. The minimum atomic E-state index is -1.60. The van der Waals surface area contributed by atoms with E-state index < -0.39 is 16.1 Å². The highest BCUT2D eigenvalue weighted by molar-refractivity contribution is 6.90. The SMILES string of the molecule is C[Si](C)(C)c1cocc1C#Cc1c2c(cc3c([Si](C)(C)C)coc13)-c1cccc3cccc-2c13. The van der Waals surface area contributed by atoms with Crippen LogP contribution in [0.5, 0.6) is 0 Å². The van der Waals surface area contributed by atoms with Crippen LogP contribution >= 0.6 is 0 Å². The van der Waals surface area contributed by atoms with Crippen LogP contribution < -0.4 is 10.4 Å². The molecule has 0 spiro atoms. The molecule has 0 aliphatic heterocycles. The molecule has 0 fully saturated rings. The number of hydrogen-bond donors (Lipinski definition) is 0. The van der Waals surface area contributed by atoms with Crippen LogP contribution in [0.2, 0.25) is 39.3 Å². The summed E-state index contributed by atoms with van der Waals surface area (Å²) in [6.07, 6.45) is 5.66. The van der Waals surface area contributed by atoms with Gasteiger partial charge in [-0.1, -0.05) is 87.5 Å². The molecular formula is C30H28O2Si2. The Morgan fingerprint density at radius 3 is 2.12 bits per heavy atom. The van der Waals surface area contributed by atoms with E-state index in [1.54, 1.807) is 6.26 Å². The zero-order valence-corrected chi connectivity index (χ0v) is 22.6. The topological polar surface area (TPSA) is 26.3 Å². The van der Waals surface area contributed by atoms with E-state index >= 15 is 0 Å². The Morgan fingerprint density at radius 1 is 0.706 bits per heavy atom. The largest absolute Gasteiger partial charge is 0.471 e. The first-order valence-corrected chi connectivity index (χ1v) is 18.8. The highest BCUT2D eigenvalue weighted by atomic mass is 28.3. The van der Waals surface area contributed by atoms with E-state index in [0.717, 1.165) is 16.7 Å². The van der Waals surface area contributed by atoms with Crippen LogP contribution in [0.4, 0.5) is 0 Å². The van der Waals surface area contributed by atoms with Crippen molar-refractivity contribution < 1.29 is 8.83 Å². The van der Waals surface area contributed by atoms with Crippen LogP contribution in [-0.2, 0) is 0 Å². The zero-order valence-electron chi connectivity index (χ0n) is 20.6. The summed E-state index contributed by atoms with van der Waals surface area (Å²) >= 11 is 0. The van der Waals surface area contributed by atoms with Crippen LogP contribution in [-0.4, -0.2) is 16.1 Å². The van der Waals surface area contributed by atoms with Gasteiger partial charge in [-0.05, 0) is 43.9 Å². The lowest BCUT2D eigenvalue weighted by molar-refractivity contribution is 0.568. The summed E-state index contributed by atoms with van der Waals surface area (Å²) in [6.45, 7) is 14.1. The molecule has 2 aromatic heterocycles. The predicted molar refractivity (Wildman–Crippen MR) is 149 cm³/mol. The predicted octanol–water partition coefficient (Wildman–Crippen LogP) is 7.32. The molecule has 1 aliphatic carbocycles. The summed E-state index contributed by atoms with van der Waals surface area (Å²) < 4.78 is 11.9. The van der Waals surface area contributed by atoms with Gasteiger partial charge in [-0.3, -0.25) is 0 Å². The second-order valence-electron chi connectivity index (χ2n) is 11.4. The lowest BCUT2D eigenvalue weighted by atomic mass is 9.96. The van der Waals surface area contributed by atoms with Gasteiger partial charge in [-0.15, -0.1) is 0 Å². The Hall–Kier alpha value is -3.27. The lowest BCUT2D eigenvalue weighted by Crippen LogP contribution is -2.38. The second-order valence-corrected chi connectivity index (χ2v) is 21.4. The zero-order chi connectivity index (χ0) is 23.8. The van der Waals surface area contributed by atoms with Crippen molar-refractivity contribution in [2.45, 2.75) is 39.3 Å². The summed E-state index contributed by atoms with van der Waals surface area (Å²) in [4.78, 5) is 0. The molecule has 3 aromatic carbocycles. The number of fused-ring (bicyclic) bond motifs is 4. The fourth-order valence-corrected chi connectivity index (χ4v) is 8.00. The Bertz CT molecular complexity index is 1670. The first-order chi connectivity index (χ1) is 16.1. The van der Waals surface area contributed by atoms with Gasteiger partial charge in [-0.2, -0.15) is 0 Å². The smallest absolute Gasteiger partial charge is 0.150 e. The third-order valence-corrected chi connectivity index (χ3v) is 10.9. The summed E-state index contributed by atoms with van der Waals surface area (Å²) in [5.74, 6) is 7.07. The van der Waals surface area contributed by atoms with E-state index in [0.29, 0.717) is 0 Å². The molecule has 168 valence electrons. The fraction of sp³-hybridized carbons (Fsp3) is 0.200. The molecule has 0 saturated carbocycles. The van der Waals surface area contributed by atoms with Gasteiger partial charge in [-0.25, -0.2) is 0 Å². The standard InChI is InChI=1S/C30H28O2Si2/c1-33(2,3)26-17-31-16-20(26)13-14-23-29-22-12-8-10-19-9-7-11-21(28(19)22)24(29)15-25-27(34(4,5)6)18-32-30(23)25/h7-12,15-18H,1-6H3. The Kier molecular flexibility index (Phi) is 4.45. The summed E-state index contributed by atoms with van der Waals surface area (Å²) in [5.41, 5.74) is 7.90. The number of furan rings is 2. The molecular weight excluding hydrogens is 449 g/mol. The van der Waals surface area contributed by atoms with E-state index in [-0.39, 0.29) is 0 Å². The van der Waals surface area contributed by atoms with Gasteiger partial charge < -0.3 is 8.83 Å². The van der Waals surface area contributed by atoms with E-state index in [1.165, 1.54) is 48.8 Å². The number of benzene rings is 3. The van der Waals surface area contributed by atoms with Gasteiger partial charge in [0, 0.05) is 10.9 Å². The molecule has 2 heterocycles. The summed E-state index contributed by atoms with van der Waals surface area (Å²) in [5, 5.41) is 6.41. The molecule has 0 amide bonds. The van der Waals surface area contributed by atoms with Crippen molar-refractivity contribution in [1.82, 2.24) is 0 Å². The normalized spacial score (nSPS) is 12.8. The van der Waals surface area contributed by atoms with Crippen molar-refractivity contribution in [3.63, 3.8) is 0 Å². The highest BCUT2D eigenvalue weighted by Gasteiger charge is 2.30. The maximum absolute atomic E-state index is 6.31. The quantitative estimate of drug-likeness (QED) is 0.193. The molecule has 0 bridgehead atoms. The summed E-state index contributed by atoms with van der Waals surface area (Å²) in [6, 6.07) is 15.5. The van der Waals surface area contributed by atoms with Crippen molar-refractivity contribution in [2.24, 2.45) is 0 Å². The first-order valence-electron chi connectivity index (χ1n) is 11.8. The van der Waals surface area contributed by atoms with E-state index in [2.05, 4.69) is 93.6 Å². The number of rotatable bonds is 2. The lowest BCUT2D eigenvalue weighted by Gasteiger charge is -2.15. The molecule has 0 saturated heterocycles. The minimum Gasteiger partial charge on any atom is -0.471 e. The molecule has 34 heavy (non-hydrogen) atoms. The third kappa shape index (κ3) is 3.08. The van der Waals surface area contributed by atoms with Gasteiger partial charge in [0.15, 0.2) is 0 Å². The Morgan fingerprint density at radius 2 is 1.41 bits per heavy atom. The molecule has 2 nitrogen and oxygen atoms in total. The van der Waals surface area contributed by atoms with Crippen LogP contribution in [0.3, 0.4) is 0 Å². The molecule has 0 N–H and O–H groups in total. The first kappa shape index (κ1) is 21.3. The summed E-state index contributed by atoms with van der Waals surface area (Å²) in [7, 11) is -3.17. The monoisotopic (exact) mass is 476 g/mol. The second kappa shape index (κ2) is 7.12. The van der Waals surface area contributed by atoms with Crippen LogP contribution in [0, 0.1) is 11.8 Å². The fourth-order valence-electron chi connectivity index (χ4n) is 5.24. The van der Waals surface area contributed by atoms with Gasteiger partial charge in [0.2, 0.25) is 0 Å². The average Bonchev–Trinajstić information content (AvgIpc) is 3.48. The minimum absolute atomic E-state index is 0.909. The molecule has 6 rings (SSSR count). The third-order valence-electron chi connectivity index (χ3n) is 6.93. The van der Waals surface area contributed by atoms with E-state index in [9.17, 15) is 0 Å². The van der Waals surface area contributed by atoms with Gasteiger partial charge >= 0.3 is 0 Å². The van der Waals surface area contributed by atoms with E-state index in [4.69, 9.17) is 8.83 Å². The molecule has 0 atom stereocenters. The molecule has 5 aromatic rings. The highest BCUT2D eigenvalue weighted by Crippen LogP contribution is 2.50. The van der Waals surface area contributed by atoms with Crippen LogP contribution in [0.25, 0.3) is 44.0 Å². The van der Waals surface area contributed by atoms with Gasteiger partial charge in [0.1, 0.15) is 11.8 Å². The molecule has 0 unspecified atom stereocenters. The van der Waals surface area contributed by atoms with Gasteiger partial charge in [0.05, 0.1) is 39.8 Å². The van der Waals surface area contributed by atoms with Crippen molar-refractivity contribution in [3.05, 3.63) is 72.4 Å². The van der Waals surface area contributed by atoms with Crippen molar-refractivity contribution in [3.8, 4) is 34.1 Å². The van der Waals surface area contributed by atoms with Gasteiger partial charge in [0.25, 0.3) is 0 Å². The van der Waals surface area contributed by atoms with E-state index in [1.807, 2.05) is 12.5 Å². The number of hydrogen-bond acceptors (Lipinski definition) is 2. The molecule has 4 heteroatoms. The Balaban J connectivity index is 1.70. The van der Waals surface area contributed by atoms with Crippen molar-refractivity contribution in [1.29, 1.82) is 0 Å². The van der Waals surface area contributed by atoms with Crippen LogP contribution in [0.1, 0.15) is 11.1 Å². The van der Waals surface area contributed by atoms with Crippen molar-refractivity contribution in [2.75, 3.05) is 0 Å².